The molecular weight excluding hydrogens is 328 g/mol. The highest BCUT2D eigenvalue weighted by Crippen LogP contribution is 2.12. The number of rotatable bonds is 6. The van der Waals surface area contributed by atoms with Crippen molar-refractivity contribution in [2.45, 2.75) is 6.04 Å². The van der Waals surface area contributed by atoms with E-state index in [0.29, 0.717) is 5.56 Å². The lowest BCUT2D eigenvalue weighted by Crippen LogP contribution is -2.36. The van der Waals surface area contributed by atoms with E-state index in [4.69, 9.17) is 5.73 Å². The van der Waals surface area contributed by atoms with Crippen molar-refractivity contribution < 1.29 is 9.59 Å². The molecule has 1 unspecified atom stereocenters. The van der Waals surface area contributed by atoms with Crippen LogP contribution >= 0.6 is 0 Å². The lowest BCUT2D eigenvalue weighted by atomic mass is 10.1. The second kappa shape index (κ2) is 7.94. The standard InChI is InChI=1S/C20H18N4O2/c21-20(26)19(16-7-3-1-4-8-16)23-18(25)12-11-15-13-22-24(14-15)17-9-5-2-6-10-17/h1-14,19H,(H2,21,26)(H,23,25)/b12-11+. The van der Waals surface area contributed by atoms with Crippen LogP contribution in [0.2, 0.25) is 0 Å². The van der Waals surface area contributed by atoms with Crippen LogP contribution in [-0.4, -0.2) is 21.6 Å². The zero-order valence-electron chi connectivity index (χ0n) is 13.9. The summed E-state index contributed by atoms with van der Waals surface area (Å²) in [6.45, 7) is 0. The Labute approximate surface area is 151 Å². The summed E-state index contributed by atoms with van der Waals surface area (Å²) in [7, 11) is 0. The SMILES string of the molecule is NC(=O)C(NC(=O)/C=C/c1cnn(-c2ccccc2)c1)c1ccccc1. The molecule has 0 saturated heterocycles. The summed E-state index contributed by atoms with van der Waals surface area (Å²) < 4.78 is 1.72. The average Bonchev–Trinajstić information content (AvgIpc) is 3.15. The Morgan fingerprint density at radius 1 is 1.04 bits per heavy atom. The van der Waals surface area contributed by atoms with E-state index in [1.807, 2.05) is 42.6 Å². The maximum Gasteiger partial charge on any atom is 0.244 e. The van der Waals surface area contributed by atoms with Crippen LogP contribution in [0.3, 0.4) is 0 Å². The van der Waals surface area contributed by atoms with E-state index < -0.39 is 17.9 Å². The van der Waals surface area contributed by atoms with Gasteiger partial charge in [-0.3, -0.25) is 9.59 Å². The van der Waals surface area contributed by atoms with Gasteiger partial charge < -0.3 is 11.1 Å². The first-order valence-corrected chi connectivity index (χ1v) is 8.06. The fourth-order valence-corrected chi connectivity index (χ4v) is 2.47. The van der Waals surface area contributed by atoms with Gasteiger partial charge in [-0.1, -0.05) is 48.5 Å². The summed E-state index contributed by atoms with van der Waals surface area (Å²) in [6, 6.07) is 17.6. The number of amides is 2. The third kappa shape index (κ3) is 4.24. The molecule has 0 radical (unpaired) electrons. The molecule has 0 aliphatic rings. The molecule has 3 aromatic rings. The normalized spacial score (nSPS) is 12.0. The molecule has 0 spiro atoms. The van der Waals surface area contributed by atoms with Crippen LogP contribution in [0.5, 0.6) is 0 Å². The molecular formula is C20H18N4O2. The maximum atomic E-state index is 12.1. The fourth-order valence-electron chi connectivity index (χ4n) is 2.47. The van der Waals surface area contributed by atoms with Gasteiger partial charge in [-0.15, -0.1) is 0 Å². The molecule has 6 nitrogen and oxygen atoms in total. The van der Waals surface area contributed by atoms with Crippen LogP contribution in [0.25, 0.3) is 11.8 Å². The van der Waals surface area contributed by atoms with Gasteiger partial charge in [0.25, 0.3) is 0 Å². The molecule has 1 aromatic heterocycles. The summed E-state index contributed by atoms with van der Waals surface area (Å²) in [5, 5.41) is 6.87. The number of aromatic nitrogens is 2. The van der Waals surface area contributed by atoms with E-state index in [-0.39, 0.29) is 0 Å². The van der Waals surface area contributed by atoms with Crippen molar-refractivity contribution in [3.05, 3.63) is 90.3 Å². The molecule has 26 heavy (non-hydrogen) atoms. The summed E-state index contributed by atoms with van der Waals surface area (Å²) in [5.41, 5.74) is 7.73. The van der Waals surface area contributed by atoms with Gasteiger partial charge in [0.15, 0.2) is 0 Å². The number of primary amides is 1. The first kappa shape index (κ1) is 17.2. The molecule has 0 aliphatic carbocycles. The highest BCUT2D eigenvalue weighted by Gasteiger charge is 2.18. The molecule has 0 fully saturated rings. The van der Waals surface area contributed by atoms with Gasteiger partial charge in [-0.2, -0.15) is 5.10 Å². The number of nitrogens with zero attached hydrogens (tertiary/aromatic N) is 2. The number of hydrogen-bond acceptors (Lipinski definition) is 3. The number of benzene rings is 2. The Morgan fingerprint density at radius 3 is 2.35 bits per heavy atom. The Balaban J connectivity index is 1.68. The number of nitrogens with one attached hydrogen (secondary N) is 1. The third-order valence-corrected chi connectivity index (χ3v) is 3.75. The second-order valence-electron chi connectivity index (χ2n) is 5.64. The van der Waals surface area contributed by atoms with Crippen LogP contribution in [0, 0.1) is 0 Å². The van der Waals surface area contributed by atoms with E-state index in [2.05, 4.69) is 10.4 Å². The molecule has 0 aliphatic heterocycles. The van der Waals surface area contributed by atoms with E-state index in [1.54, 1.807) is 41.2 Å². The van der Waals surface area contributed by atoms with Crippen LogP contribution < -0.4 is 11.1 Å². The zero-order chi connectivity index (χ0) is 18.4. The number of para-hydroxylation sites is 1. The molecule has 3 rings (SSSR count). The fraction of sp³-hybridized carbons (Fsp3) is 0.0500. The number of carbonyl (C=O) groups is 2. The summed E-state index contributed by atoms with van der Waals surface area (Å²) >= 11 is 0. The van der Waals surface area contributed by atoms with E-state index in [9.17, 15) is 9.59 Å². The van der Waals surface area contributed by atoms with Crippen LogP contribution in [-0.2, 0) is 9.59 Å². The maximum absolute atomic E-state index is 12.1. The molecule has 0 bridgehead atoms. The van der Waals surface area contributed by atoms with Crippen LogP contribution in [0.15, 0.2) is 79.1 Å². The topological polar surface area (TPSA) is 90.0 Å². The lowest BCUT2D eigenvalue weighted by Gasteiger charge is -2.14. The first-order chi connectivity index (χ1) is 12.6. The number of nitrogens with two attached hydrogens (primary N) is 1. The summed E-state index contributed by atoms with van der Waals surface area (Å²) in [5.74, 6) is -1.03. The Kier molecular flexibility index (Phi) is 5.24. The van der Waals surface area contributed by atoms with E-state index in [1.165, 1.54) is 6.08 Å². The minimum Gasteiger partial charge on any atom is -0.368 e. The van der Waals surface area contributed by atoms with Crippen molar-refractivity contribution in [3.63, 3.8) is 0 Å². The Morgan fingerprint density at radius 2 is 1.69 bits per heavy atom. The third-order valence-electron chi connectivity index (χ3n) is 3.75. The lowest BCUT2D eigenvalue weighted by molar-refractivity contribution is -0.125. The van der Waals surface area contributed by atoms with Crippen molar-refractivity contribution in [2.75, 3.05) is 0 Å². The van der Waals surface area contributed by atoms with Crippen LogP contribution in [0.1, 0.15) is 17.2 Å². The van der Waals surface area contributed by atoms with Crippen LogP contribution in [0.4, 0.5) is 0 Å². The smallest absolute Gasteiger partial charge is 0.244 e. The van der Waals surface area contributed by atoms with Crippen molar-refractivity contribution >= 4 is 17.9 Å². The number of carbonyl (C=O) groups excluding carboxylic acids is 2. The first-order valence-electron chi connectivity index (χ1n) is 8.06. The van der Waals surface area contributed by atoms with Gasteiger partial charge in [0.1, 0.15) is 6.04 Å². The van der Waals surface area contributed by atoms with Gasteiger partial charge in [-0.25, -0.2) is 4.68 Å². The predicted octanol–water partition coefficient (Wildman–Crippen LogP) is 2.23. The molecule has 6 heteroatoms. The molecule has 2 amide bonds. The average molecular weight is 346 g/mol. The van der Waals surface area contributed by atoms with Crippen molar-refractivity contribution in [1.82, 2.24) is 15.1 Å². The van der Waals surface area contributed by atoms with Crippen molar-refractivity contribution in [3.8, 4) is 5.69 Å². The molecule has 1 atom stereocenters. The molecule has 2 aromatic carbocycles. The minimum absolute atomic E-state index is 0.412. The van der Waals surface area contributed by atoms with Crippen molar-refractivity contribution in [1.29, 1.82) is 0 Å². The second-order valence-corrected chi connectivity index (χ2v) is 5.64. The van der Waals surface area contributed by atoms with Gasteiger partial charge in [0.05, 0.1) is 11.9 Å². The Hall–Kier alpha value is -3.67. The van der Waals surface area contributed by atoms with Gasteiger partial charge in [0, 0.05) is 17.8 Å². The predicted molar refractivity (Wildman–Crippen MR) is 99.1 cm³/mol. The largest absolute Gasteiger partial charge is 0.368 e. The zero-order valence-corrected chi connectivity index (χ0v) is 13.9. The number of hydrogen-bond donors (Lipinski definition) is 2. The van der Waals surface area contributed by atoms with Gasteiger partial charge in [0.2, 0.25) is 11.8 Å². The highest BCUT2D eigenvalue weighted by atomic mass is 16.2. The van der Waals surface area contributed by atoms with E-state index in [0.717, 1.165) is 11.3 Å². The van der Waals surface area contributed by atoms with Gasteiger partial charge in [-0.05, 0) is 23.8 Å². The van der Waals surface area contributed by atoms with Gasteiger partial charge >= 0.3 is 0 Å². The quantitative estimate of drug-likeness (QED) is 0.671. The molecule has 0 saturated carbocycles. The summed E-state index contributed by atoms with van der Waals surface area (Å²) in [4.78, 5) is 23.8. The summed E-state index contributed by atoms with van der Waals surface area (Å²) in [6.07, 6.45) is 6.44. The van der Waals surface area contributed by atoms with E-state index >= 15 is 0 Å². The van der Waals surface area contributed by atoms with Crippen molar-refractivity contribution in [2.24, 2.45) is 5.73 Å². The highest BCUT2D eigenvalue weighted by molar-refractivity contribution is 5.95. The molecule has 130 valence electrons. The molecule has 1 heterocycles. The Bertz CT molecular complexity index is 917. The molecule has 3 N–H and O–H groups in total. The monoisotopic (exact) mass is 346 g/mol. The minimum atomic E-state index is -0.875.